The van der Waals surface area contributed by atoms with Gasteiger partial charge in [0.25, 0.3) is 0 Å². The minimum atomic E-state index is -0.339. The fraction of sp³-hybridized carbons (Fsp3) is 0.222. The molecule has 0 aliphatic carbocycles. The summed E-state index contributed by atoms with van der Waals surface area (Å²) in [5, 5.41) is 0. The molecule has 13 heavy (non-hydrogen) atoms. The average Bonchev–Trinajstić information content (AvgIpc) is 2.09. The van der Waals surface area contributed by atoms with Crippen LogP contribution in [0.5, 0.6) is 5.75 Å². The summed E-state index contributed by atoms with van der Waals surface area (Å²) in [6, 6.07) is 2.81. The number of benzene rings is 1. The summed E-state index contributed by atoms with van der Waals surface area (Å²) in [5.41, 5.74) is 0.497. The van der Waals surface area contributed by atoms with Crippen LogP contribution in [0.25, 0.3) is 0 Å². The van der Waals surface area contributed by atoms with Crippen molar-refractivity contribution in [2.24, 2.45) is 0 Å². The molecule has 68 valence electrons. The van der Waals surface area contributed by atoms with E-state index >= 15 is 0 Å². The van der Waals surface area contributed by atoms with E-state index in [1.54, 1.807) is 0 Å². The number of ether oxygens (including phenoxy) is 1. The number of Topliss-reactive ketones (excluding diaryl/α,β-unsaturated/α-hetero) is 1. The molecular formula is C9H6FIO2. The van der Waals surface area contributed by atoms with Gasteiger partial charge in [-0.15, -0.1) is 0 Å². The summed E-state index contributed by atoms with van der Waals surface area (Å²) < 4.78 is 18.7. The van der Waals surface area contributed by atoms with E-state index < -0.39 is 0 Å². The first kappa shape index (κ1) is 8.93. The number of carbonyl (C=O) groups is 1. The summed E-state index contributed by atoms with van der Waals surface area (Å²) in [6.45, 7) is 0.353. The molecule has 4 heteroatoms. The van der Waals surface area contributed by atoms with Gasteiger partial charge in [-0.2, -0.15) is 0 Å². The van der Waals surface area contributed by atoms with Gasteiger partial charge in [0.05, 0.1) is 12.2 Å². The van der Waals surface area contributed by atoms with Crippen molar-refractivity contribution >= 4 is 28.4 Å². The van der Waals surface area contributed by atoms with Gasteiger partial charge in [0.1, 0.15) is 11.6 Å². The summed E-state index contributed by atoms with van der Waals surface area (Å²) in [7, 11) is 0. The van der Waals surface area contributed by atoms with Crippen molar-refractivity contribution in [3.05, 3.63) is 27.1 Å². The van der Waals surface area contributed by atoms with Crippen molar-refractivity contribution in [1.29, 1.82) is 0 Å². The van der Waals surface area contributed by atoms with Crippen LogP contribution >= 0.6 is 22.6 Å². The van der Waals surface area contributed by atoms with Gasteiger partial charge in [-0.1, -0.05) is 0 Å². The summed E-state index contributed by atoms with van der Waals surface area (Å²) in [4.78, 5) is 11.3. The Morgan fingerprint density at radius 2 is 2.23 bits per heavy atom. The normalized spacial score (nSPS) is 15.1. The van der Waals surface area contributed by atoms with Crippen molar-refractivity contribution in [2.45, 2.75) is 6.42 Å². The lowest BCUT2D eigenvalue weighted by Crippen LogP contribution is -2.15. The lowest BCUT2D eigenvalue weighted by molar-refractivity contribution is 0.0933. The Morgan fingerprint density at radius 3 is 3.00 bits per heavy atom. The number of hydrogen-bond donors (Lipinski definition) is 0. The molecule has 1 aromatic carbocycles. The zero-order valence-electron chi connectivity index (χ0n) is 6.64. The Kier molecular flexibility index (Phi) is 2.23. The van der Waals surface area contributed by atoms with Gasteiger partial charge in [0, 0.05) is 16.1 Å². The van der Waals surface area contributed by atoms with Crippen LogP contribution in [0.1, 0.15) is 16.8 Å². The average molecular weight is 292 g/mol. The maximum absolute atomic E-state index is 13.0. The van der Waals surface area contributed by atoms with Crippen molar-refractivity contribution in [3.8, 4) is 5.75 Å². The molecule has 0 fully saturated rings. The monoisotopic (exact) mass is 292 g/mol. The van der Waals surface area contributed by atoms with Crippen LogP contribution in [0.15, 0.2) is 12.1 Å². The van der Waals surface area contributed by atoms with E-state index in [1.807, 2.05) is 22.6 Å². The zero-order valence-corrected chi connectivity index (χ0v) is 8.80. The Balaban J connectivity index is 2.58. The Morgan fingerprint density at radius 1 is 1.46 bits per heavy atom. The zero-order chi connectivity index (χ0) is 9.42. The van der Waals surface area contributed by atoms with Gasteiger partial charge in [-0.05, 0) is 28.7 Å². The highest BCUT2D eigenvalue weighted by Crippen LogP contribution is 2.28. The number of halogens is 2. The van der Waals surface area contributed by atoms with Gasteiger partial charge >= 0.3 is 0 Å². The molecule has 2 nitrogen and oxygen atoms in total. The van der Waals surface area contributed by atoms with E-state index in [4.69, 9.17) is 4.74 Å². The number of carbonyl (C=O) groups excluding carboxylic acids is 1. The van der Waals surface area contributed by atoms with E-state index in [0.717, 1.165) is 0 Å². The third kappa shape index (κ3) is 1.54. The van der Waals surface area contributed by atoms with Gasteiger partial charge in [0.2, 0.25) is 0 Å². The highest BCUT2D eigenvalue weighted by Gasteiger charge is 2.20. The van der Waals surface area contributed by atoms with Crippen LogP contribution in [0.2, 0.25) is 0 Å². The molecule has 0 spiro atoms. The van der Waals surface area contributed by atoms with Gasteiger partial charge < -0.3 is 4.74 Å². The smallest absolute Gasteiger partial charge is 0.170 e. The molecule has 1 heterocycles. The molecule has 1 aromatic rings. The van der Waals surface area contributed by atoms with Crippen LogP contribution < -0.4 is 4.74 Å². The van der Waals surface area contributed by atoms with Crippen LogP contribution in [-0.2, 0) is 0 Å². The Labute approximate surface area is 88.2 Å². The van der Waals surface area contributed by atoms with Crippen molar-refractivity contribution in [3.63, 3.8) is 0 Å². The number of hydrogen-bond acceptors (Lipinski definition) is 2. The third-order valence-corrected chi connectivity index (χ3v) is 2.74. The Bertz CT molecular complexity index is 376. The van der Waals surface area contributed by atoms with Crippen LogP contribution in [0.3, 0.4) is 0 Å². The largest absolute Gasteiger partial charge is 0.492 e. The summed E-state index contributed by atoms with van der Waals surface area (Å²) in [5.74, 6) is 0.0578. The van der Waals surface area contributed by atoms with Crippen LogP contribution in [-0.4, -0.2) is 12.4 Å². The second-order valence-electron chi connectivity index (χ2n) is 2.78. The molecular weight excluding hydrogens is 286 g/mol. The van der Waals surface area contributed by atoms with E-state index in [2.05, 4.69) is 0 Å². The molecule has 1 aliphatic rings. The summed E-state index contributed by atoms with van der Waals surface area (Å²) >= 11 is 1.86. The van der Waals surface area contributed by atoms with E-state index in [-0.39, 0.29) is 11.6 Å². The second kappa shape index (κ2) is 3.25. The molecule has 0 bridgehead atoms. The van der Waals surface area contributed by atoms with E-state index in [1.165, 1.54) is 12.1 Å². The third-order valence-electron chi connectivity index (χ3n) is 1.91. The molecule has 0 unspecified atom stereocenters. The lowest BCUT2D eigenvalue weighted by Gasteiger charge is -2.16. The molecule has 0 aromatic heterocycles. The highest BCUT2D eigenvalue weighted by molar-refractivity contribution is 14.1. The maximum atomic E-state index is 13.0. The topological polar surface area (TPSA) is 26.3 Å². The number of fused-ring (bicyclic) bond motifs is 1. The standard InChI is InChI=1S/C9H6FIO2/c10-6-4-9-5(3-7(6)11)8(12)1-2-13-9/h3-4H,1-2H2. The quantitative estimate of drug-likeness (QED) is 0.686. The van der Waals surface area contributed by atoms with E-state index in [9.17, 15) is 9.18 Å². The molecule has 2 rings (SSSR count). The first-order valence-electron chi connectivity index (χ1n) is 3.83. The minimum Gasteiger partial charge on any atom is -0.492 e. The fourth-order valence-corrected chi connectivity index (χ4v) is 1.72. The minimum absolute atomic E-state index is 0.0270. The number of rotatable bonds is 0. The molecule has 0 saturated heterocycles. The van der Waals surface area contributed by atoms with Crippen molar-refractivity contribution in [2.75, 3.05) is 6.61 Å². The molecule has 0 saturated carbocycles. The number of ketones is 1. The lowest BCUT2D eigenvalue weighted by atomic mass is 10.1. The van der Waals surface area contributed by atoms with Gasteiger partial charge in [0.15, 0.2) is 5.78 Å². The predicted molar refractivity (Wildman–Crippen MR) is 53.6 cm³/mol. The van der Waals surface area contributed by atoms with Crippen LogP contribution in [0.4, 0.5) is 4.39 Å². The fourth-order valence-electron chi connectivity index (χ4n) is 1.25. The predicted octanol–water partition coefficient (Wildman–Crippen LogP) is 2.40. The Hall–Kier alpha value is -0.650. The van der Waals surface area contributed by atoms with E-state index in [0.29, 0.717) is 27.9 Å². The first-order chi connectivity index (χ1) is 6.18. The maximum Gasteiger partial charge on any atom is 0.170 e. The van der Waals surface area contributed by atoms with Crippen molar-refractivity contribution < 1.29 is 13.9 Å². The molecule has 0 radical (unpaired) electrons. The molecule has 0 atom stereocenters. The highest BCUT2D eigenvalue weighted by atomic mass is 127. The second-order valence-corrected chi connectivity index (χ2v) is 3.95. The molecule has 0 N–H and O–H groups in total. The molecule has 0 amide bonds. The SMILES string of the molecule is O=C1CCOc2cc(F)c(I)cc21. The summed E-state index contributed by atoms with van der Waals surface area (Å²) in [6.07, 6.45) is 0.384. The first-order valence-corrected chi connectivity index (χ1v) is 4.91. The van der Waals surface area contributed by atoms with Crippen molar-refractivity contribution in [1.82, 2.24) is 0 Å². The van der Waals surface area contributed by atoms with Gasteiger partial charge in [-0.25, -0.2) is 4.39 Å². The van der Waals surface area contributed by atoms with Crippen LogP contribution in [0, 0.1) is 9.39 Å². The molecule has 1 aliphatic heterocycles. The van der Waals surface area contributed by atoms with Gasteiger partial charge in [-0.3, -0.25) is 4.79 Å².